The number of nitrogens with zero attached hydrogens (tertiary/aromatic N) is 1. The van der Waals surface area contributed by atoms with Crippen LogP contribution in [-0.2, 0) is 4.79 Å². The number of esters is 1. The lowest BCUT2D eigenvalue weighted by Gasteiger charge is -2.11. The molecule has 3 aromatic rings. The van der Waals surface area contributed by atoms with Crippen molar-refractivity contribution >= 4 is 51.5 Å². The molecule has 0 fully saturated rings. The van der Waals surface area contributed by atoms with Crippen LogP contribution >= 0.6 is 27.5 Å². The zero-order valence-electron chi connectivity index (χ0n) is 19.2. The second-order valence-corrected chi connectivity index (χ2v) is 8.48. The van der Waals surface area contributed by atoms with Gasteiger partial charge < -0.3 is 19.5 Å². The number of hydrogen-bond donors (Lipinski definition) is 2. The van der Waals surface area contributed by atoms with Gasteiger partial charge in [0.05, 0.1) is 32.5 Å². The number of rotatable bonds is 9. The highest BCUT2D eigenvalue weighted by Crippen LogP contribution is 2.29. The first-order valence-corrected chi connectivity index (χ1v) is 11.6. The molecule has 3 rings (SSSR count). The fourth-order valence-electron chi connectivity index (χ4n) is 2.94. The van der Waals surface area contributed by atoms with E-state index in [2.05, 4.69) is 31.8 Å². The van der Waals surface area contributed by atoms with Gasteiger partial charge in [0.25, 0.3) is 11.8 Å². The predicted octanol–water partition coefficient (Wildman–Crippen LogP) is 4.22. The fraction of sp³-hybridized carbons (Fsp3) is 0.120. The molecule has 0 aliphatic heterocycles. The average Bonchev–Trinajstić information content (AvgIpc) is 2.88. The highest BCUT2D eigenvalue weighted by atomic mass is 79.9. The van der Waals surface area contributed by atoms with E-state index in [1.807, 2.05) is 0 Å². The van der Waals surface area contributed by atoms with Crippen molar-refractivity contribution in [2.24, 2.45) is 5.10 Å². The van der Waals surface area contributed by atoms with Crippen molar-refractivity contribution in [3.05, 3.63) is 86.8 Å². The summed E-state index contributed by atoms with van der Waals surface area (Å²) in [6, 6.07) is 15.9. The van der Waals surface area contributed by atoms with Gasteiger partial charge in [-0.05, 0) is 54.6 Å². The number of amides is 2. The summed E-state index contributed by atoms with van der Waals surface area (Å²) in [6.45, 7) is -0.303. The first-order valence-electron chi connectivity index (χ1n) is 10.4. The van der Waals surface area contributed by atoms with Crippen LogP contribution in [0.25, 0.3) is 0 Å². The van der Waals surface area contributed by atoms with E-state index >= 15 is 0 Å². The predicted molar refractivity (Wildman–Crippen MR) is 138 cm³/mol. The Kier molecular flexibility index (Phi) is 9.43. The van der Waals surface area contributed by atoms with Gasteiger partial charge in [0.15, 0.2) is 11.5 Å². The minimum absolute atomic E-state index is 0.213. The maximum absolute atomic E-state index is 12.7. The summed E-state index contributed by atoms with van der Waals surface area (Å²) in [5.41, 5.74) is 3.31. The lowest BCUT2D eigenvalue weighted by Crippen LogP contribution is -2.34. The Bertz CT molecular complexity index is 1310. The Hall–Kier alpha value is -3.89. The van der Waals surface area contributed by atoms with Crippen molar-refractivity contribution in [3.8, 4) is 17.2 Å². The molecule has 186 valence electrons. The lowest BCUT2D eigenvalue weighted by atomic mass is 10.2. The first kappa shape index (κ1) is 26.7. The van der Waals surface area contributed by atoms with Crippen LogP contribution in [0.5, 0.6) is 17.2 Å². The van der Waals surface area contributed by atoms with Gasteiger partial charge >= 0.3 is 5.97 Å². The van der Waals surface area contributed by atoms with E-state index in [-0.39, 0.29) is 17.9 Å². The van der Waals surface area contributed by atoms with Crippen LogP contribution in [0.4, 0.5) is 0 Å². The van der Waals surface area contributed by atoms with Crippen LogP contribution in [-0.4, -0.2) is 44.8 Å². The molecule has 9 nitrogen and oxygen atoms in total. The summed E-state index contributed by atoms with van der Waals surface area (Å²) in [5.74, 6) is -0.556. The SMILES string of the molecule is COc1ccc(C(=O)Oc2ccc(Br)cc2/C=N/NC(=O)CNC(=O)c2cccc(Cl)c2)cc1OC. The second kappa shape index (κ2) is 12.7. The van der Waals surface area contributed by atoms with E-state index in [0.717, 1.165) is 0 Å². The number of nitrogens with one attached hydrogen (secondary N) is 2. The van der Waals surface area contributed by atoms with E-state index in [1.54, 1.807) is 48.5 Å². The van der Waals surface area contributed by atoms with Gasteiger partial charge in [-0.2, -0.15) is 5.10 Å². The molecular formula is C25H21BrClN3O6. The average molecular weight is 575 g/mol. The summed E-state index contributed by atoms with van der Waals surface area (Å²) in [5, 5.41) is 6.78. The number of benzene rings is 3. The van der Waals surface area contributed by atoms with Crippen molar-refractivity contribution in [1.82, 2.24) is 10.7 Å². The van der Waals surface area contributed by atoms with Crippen molar-refractivity contribution in [2.75, 3.05) is 20.8 Å². The van der Waals surface area contributed by atoms with Crippen molar-refractivity contribution in [1.29, 1.82) is 0 Å². The van der Waals surface area contributed by atoms with Crippen LogP contribution in [0.15, 0.2) is 70.2 Å². The van der Waals surface area contributed by atoms with Crippen LogP contribution in [0.2, 0.25) is 5.02 Å². The van der Waals surface area contributed by atoms with Gasteiger partial charge in [-0.1, -0.05) is 33.6 Å². The fourth-order valence-corrected chi connectivity index (χ4v) is 3.51. The van der Waals surface area contributed by atoms with Gasteiger partial charge in [-0.25, -0.2) is 10.2 Å². The van der Waals surface area contributed by atoms with E-state index in [9.17, 15) is 14.4 Å². The zero-order chi connectivity index (χ0) is 26.1. The number of hydrogen-bond acceptors (Lipinski definition) is 7. The molecular weight excluding hydrogens is 554 g/mol. The minimum Gasteiger partial charge on any atom is -0.493 e. The molecule has 11 heteroatoms. The summed E-state index contributed by atoms with van der Waals surface area (Å²) in [4.78, 5) is 36.9. The van der Waals surface area contributed by atoms with Crippen LogP contribution in [0, 0.1) is 0 Å². The second-order valence-electron chi connectivity index (χ2n) is 7.13. The van der Waals surface area contributed by atoms with Gasteiger partial charge in [0, 0.05) is 20.6 Å². The van der Waals surface area contributed by atoms with E-state index in [0.29, 0.717) is 32.1 Å². The van der Waals surface area contributed by atoms with Gasteiger partial charge in [0.1, 0.15) is 5.75 Å². The van der Waals surface area contributed by atoms with E-state index < -0.39 is 17.8 Å². The highest BCUT2D eigenvalue weighted by molar-refractivity contribution is 9.10. The first-order chi connectivity index (χ1) is 17.3. The molecule has 0 heterocycles. The molecule has 0 radical (unpaired) electrons. The molecule has 2 amide bonds. The molecule has 36 heavy (non-hydrogen) atoms. The van der Waals surface area contributed by atoms with Gasteiger partial charge in [0.2, 0.25) is 0 Å². The maximum Gasteiger partial charge on any atom is 0.343 e. The van der Waals surface area contributed by atoms with Crippen LogP contribution < -0.4 is 25.0 Å². The highest BCUT2D eigenvalue weighted by Gasteiger charge is 2.15. The zero-order valence-corrected chi connectivity index (χ0v) is 21.6. The topological polar surface area (TPSA) is 115 Å². The molecule has 0 unspecified atom stereocenters. The van der Waals surface area contributed by atoms with Gasteiger partial charge in [-0.3, -0.25) is 9.59 Å². The van der Waals surface area contributed by atoms with Crippen LogP contribution in [0.1, 0.15) is 26.3 Å². The smallest absolute Gasteiger partial charge is 0.343 e. The molecule has 0 aromatic heterocycles. The number of carbonyl (C=O) groups excluding carboxylic acids is 3. The van der Waals surface area contributed by atoms with Crippen molar-refractivity contribution in [3.63, 3.8) is 0 Å². The van der Waals surface area contributed by atoms with Crippen molar-refractivity contribution in [2.45, 2.75) is 0 Å². The Labute approximate surface area is 220 Å². The van der Waals surface area contributed by atoms with Gasteiger partial charge in [-0.15, -0.1) is 0 Å². The third-order valence-electron chi connectivity index (χ3n) is 4.68. The molecule has 2 N–H and O–H groups in total. The monoisotopic (exact) mass is 573 g/mol. The minimum atomic E-state index is -0.624. The summed E-state index contributed by atoms with van der Waals surface area (Å²) < 4.78 is 16.6. The van der Waals surface area contributed by atoms with Crippen molar-refractivity contribution < 1.29 is 28.6 Å². The molecule has 0 aliphatic rings. The maximum atomic E-state index is 12.7. The number of halogens is 2. The molecule has 0 spiro atoms. The third-order valence-corrected chi connectivity index (χ3v) is 5.41. The van der Waals surface area contributed by atoms with E-state index in [4.69, 9.17) is 25.8 Å². The largest absolute Gasteiger partial charge is 0.493 e. The van der Waals surface area contributed by atoms with Crippen LogP contribution in [0.3, 0.4) is 0 Å². The Morgan fingerprint density at radius 1 is 0.944 bits per heavy atom. The number of carbonyl (C=O) groups is 3. The summed E-state index contributed by atoms with van der Waals surface area (Å²) >= 11 is 9.22. The Morgan fingerprint density at radius 2 is 1.69 bits per heavy atom. The number of ether oxygens (including phenoxy) is 3. The molecule has 0 saturated heterocycles. The lowest BCUT2D eigenvalue weighted by molar-refractivity contribution is -0.120. The molecule has 0 saturated carbocycles. The molecule has 0 aliphatic carbocycles. The Balaban J connectivity index is 1.63. The summed E-state index contributed by atoms with van der Waals surface area (Å²) in [7, 11) is 2.96. The normalized spacial score (nSPS) is 10.6. The standard InChI is InChI=1S/C25H21BrClN3O6/c1-34-21-8-6-16(12-22(21)35-2)25(33)36-20-9-7-18(26)10-17(20)13-29-30-23(31)14-28-24(32)15-4-3-5-19(27)11-15/h3-13H,14H2,1-2H3,(H,28,32)(H,30,31)/b29-13+. The summed E-state index contributed by atoms with van der Waals surface area (Å²) in [6.07, 6.45) is 1.32. The molecule has 3 aromatic carbocycles. The molecule has 0 atom stereocenters. The molecule has 0 bridgehead atoms. The number of hydrazone groups is 1. The quantitative estimate of drug-likeness (QED) is 0.171. The third kappa shape index (κ3) is 7.30. The number of methoxy groups -OCH3 is 2. The Morgan fingerprint density at radius 3 is 2.42 bits per heavy atom. The van der Waals surface area contributed by atoms with E-state index in [1.165, 1.54) is 32.6 Å².